The number of para-hydroxylation sites is 1. The third-order valence-corrected chi connectivity index (χ3v) is 4.74. The van der Waals surface area contributed by atoms with E-state index in [1.807, 2.05) is 42.5 Å². The molecule has 28 heavy (non-hydrogen) atoms. The zero-order chi connectivity index (χ0) is 20.5. The normalized spacial score (nSPS) is 12.9. The molecule has 6 heteroatoms. The largest absolute Gasteiger partial charge is 0.380 e. The van der Waals surface area contributed by atoms with Crippen LogP contribution in [0.1, 0.15) is 38.8 Å². The van der Waals surface area contributed by atoms with Crippen LogP contribution in [0.3, 0.4) is 0 Å². The first-order chi connectivity index (χ1) is 13.3. The van der Waals surface area contributed by atoms with E-state index < -0.39 is 6.04 Å². The number of hydrogen-bond acceptors (Lipinski definition) is 3. The summed E-state index contributed by atoms with van der Waals surface area (Å²) in [7, 11) is 0. The quantitative estimate of drug-likeness (QED) is 0.590. The lowest BCUT2D eigenvalue weighted by Crippen LogP contribution is -2.41. The molecule has 0 radical (unpaired) electrons. The van der Waals surface area contributed by atoms with Crippen LogP contribution in [0.4, 0.5) is 5.69 Å². The van der Waals surface area contributed by atoms with Gasteiger partial charge in [0.15, 0.2) is 0 Å². The van der Waals surface area contributed by atoms with E-state index >= 15 is 0 Å². The molecular formula is C22H28ClN3O2. The second-order valence-corrected chi connectivity index (χ2v) is 7.61. The van der Waals surface area contributed by atoms with Crippen LogP contribution >= 0.6 is 11.6 Å². The van der Waals surface area contributed by atoms with Gasteiger partial charge in [-0.1, -0.05) is 55.8 Å². The molecule has 0 saturated carbocycles. The van der Waals surface area contributed by atoms with Crippen molar-refractivity contribution in [3.63, 3.8) is 0 Å². The minimum atomic E-state index is -0.394. The van der Waals surface area contributed by atoms with Crippen LogP contribution in [0, 0.1) is 5.92 Å². The first-order valence-electron chi connectivity index (χ1n) is 9.46. The Bertz CT molecular complexity index is 763. The topological polar surface area (TPSA) is 70.2 Å². The maximum atomic E-state index is 12.5. The van der Waals surface area contributed by atoms with E-state index in [0.717, 1.165) is 11.3 Å². The summed E-state index contributed by atoms with van der Waals surface area (Å²) >= 11 is 5.93. The van der Waals surface area contributed by atoms with Crippen molar-refractivity contribution in [2.75, 3.05) is 11.9 Å². The number of amides is 2. The van der Waals surface area contributed by atoms with Gasteiger partial charge in [-0.05, 0) is 35.7 Å². The molecule has 0 aromatic heterocycles. The lowest BCUT2D eigenvalue weighted by molar-refractivity contribution is -0.122. The smallest absolute Gasteiger partial charge is 0.222 e. The average molecular weight is 402 g/mol. The first-order valence-corrected chi connectivity index (χ1v) is 9.83. The van der Waals surface area contributed by atoms with E-state index in [9.17, 15) is 9.59 Å². The van der Waals surface area contributed by atoms with Gasteiger partial charge < -0.3 is 16.0 Å². The summed E-state index contributed by atoms with van der Waals surface area (Å²) in [5.74, 6) is 0.0377. The van der Waals surface area contributed by atoms with E-state index in [4.69, 9.17) is 11.6 Å². The van der Waals surface area contributed by atoms with Gasteiger partial charge in [-0.2, -0.15) is 0 Å². The van der Waals surface area contributed by atoms with Crippen molar-refractivity contribution < 1.29 is 9.59 Å². The highest BCUT2D eigenvalue weighted by Crippen LogP contribution is 2.20. The maximum Gasteiger partial charge on any atom is 0.222 e. The molecule has 2 aromatic carbocycles. The van der Waals surface area contributed by atoms with Crippen LogP contribution in [0.5, 0.6) is 0 Å². The van der Waals surface area contributed by atoms with Crippen molar-refractivity contribution in [1.29, 1.82) is 0 Å². The van der Waals surface area contributed by atoms with E-state index in [0.29, 0.717) is 17.5 Å². The minimum Gasteiger partial charge on any atom is -0.380 e. The Morgan fingerprint density at radius 2 is 1.64 bits per heavy atom. The second-order valence-electron chi connectivity index (χ2n) is 7.17. The number of nitrogens with one attached hydrogen (secondary N) is 3. The number of halogens is 1. The molecule has 5 nitrogen and oxygen atoms in total. The molecular weight excluding hydrogens is 374 g/mol. The summed E-state index contributed by atoms with van der Waals surface area (Å²) in [5.41, 5.74) is 1.87. The highest BCUT2D eigenvalue weighted by atomic mass is 35.5. The molecule has 2 atom stereocenters. The van der Waals surface area contributed by atoms with Crippen LogP contribution in [-0.2, 0) is 9.59 Å². The highest BCUT2D eigenvalue weighted by molar-refractivity contribution is 6.30. The van der Waals surface area contributed by atoms with Gasteiger partial charge in [0.1, 0.15) is 0 Å². The van der Waals surface area contributed by atoms with Gasteiger partial charge in [0.25, 0.3) is 0 Å². The number of carbonyl (C=O) groups excluding carboxylic acids is 2. The Labute approximate surface area is 171 Å². The maximum absolute atomic E-state index is 12.5. The summed E-state index contributed by atoms with van der Waals surface area (Å²) in [6.07, 6.45) is 0.164. The van der Waals surface area contributed by atoms with E-state index in [1.54, 1.807) is 12.1 Å². The number of hydrogen-bond donors (Lipinski definition) is 3. The number of rotatable bonds is 9. The van der Waals surface area contributed by atoms with Gasteiger partial charge >= 0.3 is 0 Å². The SMILES string of the molecule is CC(=O)NC(CC(=O)NCC(Nc1ccccc1)C(C)C)c1ccc(Cl)cc1. The molecule has 0 aliphatic heterocycles. The fourth-order valence-electron chi connectivity index (χ4n) is 2.88. The van der Waals surface area contributed by atoms with Gasteiger partial charge in [0.2, 0.25) is 11.8 Å². The number of anilines is 1. The molecule has 0 bridgehead atoms. The molecule has 0 saturated heterocycles. The summed E-state index contributed by atoms with van der Waals surface area (Å²) in [4.78, 5) is 24.1. The molecule has 2 aromatic rings. The predicted molar refractivity (Wildman–Crippen MR) is 114 cm³/mol. The monoisotopic (exact) mass is 401 g/mol. The Morgan fingerprint density at radius 1 is 1.00 bits per heavy atom. The Hall–Kier alpha value is -2.53. The molecule has 0 heterocycles. The van der Waals surface area contributed by atoms with Gasteiger partial charge in [-0.25, -0.2) is 0 Å². The Morgan fingerprint density at radius 3 is 2.21 bits per heavy atom. The zero-order valence-electron chi connectivity index (χ0n) is 16.5. The van der Waals surface area contributed by atoms with Crippen molar-refractivity contribution in [3.05, 3.63) is 65.2 Å². The van der Waals surface area contributed by atoms with Crippen molar-refractivity contribution in [3.8, 4) is 0 Å². The van der Waals surface area contributed by atoms with Gasteiger partial charge in [-0.3, -0.25) is 9.59 Å². The molecule has 0 aliphatic carbocycles. The van der Waals surface area contributed by atoms with E-state index in [-0.39, 0.29) is 24.3 Å². The fraction of sp³-hybridized carbons (Fsp3) is 0.364. The molecule has 0 aliphatic rings. The number of carbonyl (C=O) groups is 2. The highest BCUT2D eigenvalue weighted by Gasteiger charge is 2.19. The number of benzene rings is 2. The van der Waals surface area contributed by atoms with Crippen molar-refractivity contribution >= 4 is 29.1 Å². The summed E-state index contributed by atoms with van der Waals surface area (Å²) < 4.78 is 0. The van der Waals surface area contributed by atoms with Crippen LogP contribution in [0.15, 0.2) is 54.6 Å². The van der Waals surface area contributed by atoms with Crippen LogP contribution in [0.25, 0.3) is 0 Å². The molecule has 2 amide bonds. The lowest BCUT2D eigenvalue weighted by atomic mass is 10.0. The molecule has 150 valence electrons. The Balaban J connectivity index is 1.96. The minimum absolute atomic E-state index is 0.0982. The predicted octanol–water partition coefficient (Wildman–Crippen LogP) is 4.16. The van der Waals surface area contributed by atoms with Crippen molar-refractivity contribution in [1.82, 2.24) is 10.6 Å². The van der Waals surface area contributed by atoms with Gasteiger partial charge in [0, 0.05) is 30.2 Å². The molecule has 2 unspecified atom stereocenters. The molecule has 2 rings (SSSR count). The van der Waals surface area contributed by atoms with Crippen LogP contribution in [0.2, 0.25) is 5.02 Å². The summed E-state index contributed by atoms with van der Waals surface area (Å²) in [5, 5.41) is 9.90. The summed E-state index contributed by atoms with van der Waals surface area (Å²) in [6.45, 7) is 6.17. The average Bonchev–Trinajstić information content (AvgIpc) is 2.65. The fourth-order valence-corrected chi connectivity index (χ4v) is 3.00. The lowest BCUT2D eigenvalue weighted by Gasteiger charge is -2.25. The third kappa shape index (κ3) is 7.24. The van der Waals surface area contributed by atoms with Gasteiger partial charge in [-0.15, -0.1) is 0 Å². The van der Waals surface area contributed by atoms with Crippen molar-refractivity contribution in [2.45, 2.75) is 39.3 Å². The van der Waals surface area contributed by atoms with Crippen LogP contribution < -0.4 is 16.0 Å². The Kier molecular flexibility index (Phi) is 8.33. The summed E-state index contributed by atoms with van der Waals surface area (Å²) in [6, 6.07) is 16.8. The standard InChI is InChI=1S/C22H28ClN3O2/c1-15(2)21(26-19-7-5-4-6-8-19)14-24-22(28)13-20(25-16(3)27)17-9-11-18(23)12-10-17/h4-12,15,20-21,26H,13-14H2,1-3H3,(H,24,28)(H,25,27). The second kappa shape index (κ2) is 10.7. The van der Waals surface area contributed by atoms with Crippen molar-refractivity contribution in [2.24, 2.45) is 5.92 Å². The molecule has 0 fully saturated rings. The van der Waals surface area contributed by atoms with E-state index in [1.165, 1.54) is 6.92 Å². The first kappa shape index (κ1) is 21.8. The van der Waals surface area contributed by atoms with E-state index in [2.05, 4.69) is 29.8 Å². The van der Waals surface area contributed by atoms with Gasteiger partial charge in [0.05, 0.1) is 12.5 Å². The van der Waals surface area contributed by atoms with Crippen LogP contribution in [-0.4, -0.2) is 24.4 Å². The molecule has 0 spiro atoms. The zero-order valence-corrected chi connectivity index (χ0v) is 17.3. The third-order valence-electron chi connectivity index (χ3n) is 4.49. The molecule has 3 N–H and O–H groups in total.